The zero-order valence-electron chi connectivity index (χ0n) is 9.34. The van der Waals surface area contributed by atoms with E-state index in [4.69, 9.17) is 14.7 Å². The molecule has 0 spiro atoms. The van der Waals surface area contributed by atoms with Crippen LogP contribution in [0.2, 0.25) is 0 Å². The summed E-state index contributed by atoms with van der Waals surface area (Å²) in [5, 5.41) is 12.7. The van der Waals surface area contributed by atoms with Crippen LogP contribution in [-0.2, 0) is 14.4 Å². The number of oxime groups is 1. The molecule has 1 aromatic rings. The molecule has 5 nitrogen and oxygen atoms in total. The van der Waals surface area contributed by atoms with Gasteiger partial charge in [0.05, 0.1) is 6.26 Å². The minimum atomic E-state index is -1.97. The van der Waals surface area contributed by atoms with E-state index in [1.165, 1.54) is 12.3 Å². The number of benzene rings is 1. The number of hydrogen-bond acceptors (Lipinski definition) is 4. The van der Waals surface area contributed by atoms with Crippen molar-refractivity contribution in [2.75, 3.05) is 0 Å². The molecule has 0 saturated heterocycles. The number of fused-ring (bicyclic) bond motifs is 1. The third-order valence-electron chi connectivity index (χ3n) is 2.95. The summed E-state index contributed by atoms with van der Waals surface area (Å²) in [4.78, 5) is 16.0. The van der Waals surface area contributed by atoms with Crippen molar-refractivity contribution < 1.29 is 28.3 Å². The van der Waals surface area contributed by atoms with Gasteiger partial charge in [-0.2, -0.15) is 0 Å². The van der Waals surface area contributed by atoms with Crippen molar-refractivity contribution >= 4 is 11.7 Å². The topological polar surface area (TPSA) is 68.1 Å². The van der Waals surface area contributed by atoms with E-state index in [1.807, 2.05) is 0 Å². The highest BCUT2D eigenvalue weighted by molar-refractivity contribution is 6.07. The lowest BCUT2D eigenvalue weighted by atomic mass is 9.91. The molecule has 2 unspecified atom stereocenters. The normalized spacial score (nSPS) is 27.5. The quantitative estimate of drug-likeness (QED) is 0.884. The van der Waals surface area contributed by atoms with Crippen molar-refractivity contribution in [1.82, 2.24) is 0 Å². The van der Waals surface area contributed by atoms with E-state index in [1.54, 1.807) is 0 Å². The van der Waals surface area contributed by atoms with Crippen molar-refractivity contribution in [3.05, 3.63) is 47.7 Å². The molecule has 0 saturated carbocycles. The second-order valence-corrected chi connectivity index (χ2v) is 4.12. The van der Waals surface area contributed by atoms with E-state index in [-0.39, 0.29) is 11.3 Å². The van der Waals surface area contributed by atoms with Gasteiger partial charge in [0, 0.05) is 11.6 Å². The lowest BCUT2D eigenvalue weighted by Crippen LogP contribution is -2.44. The molecule has 3 rings (SSSR count). The summed E-state index contributed by atoms with van der Waals surface area (Å²) in [6, 6.07) is 2.82. The Morgan fingerprint density at radius 1 is 1.32 bits per heavy atom. The molecule has 19 heavy (non-hydrogen) atoms. The van der Waals surface area contributed by atoms with Crippen molar-refractivity contribution in [2.24, 2.45) is 11.1 Å². The third-order valence-corrected chi connectivity index (χ3v) is 2.95. The minimum absolute atomic E-state index is 0.106. The number of nitrogens with zero attached hydrogens (tertiary/aromatic N) is 1. The number of ether oxygens (including phenoxy) is 1. The number of carboxylic acid groups (broad SMARTS) is 1. The van der Waals surface area contributed by atoms with Gasteiger partial charge in [0.15, 0.2) is 0 Å². The van der Waals surface area contributed by atoms with Crippen LogP contribution < -0.4 is 0 Å². The van der Waals surface area contributed by atoms with Crippen LogP contribution in [0.1, 0.15) is 5.56 Å². The Hall–Kier alpha value is -2.44. The maximum absolute atomic E-state index is 13.2. The number of carboxylic acids is 1. The first-order valence-electron chi connectivity index (χ1n) is 5.33. The molecule has 0 fully saturated rings. The summed E-state index contributed by atoms with van der Waals surface area (Å²) in [5.41, 5.74) is 0.218. The molecule has 2 heterocycles. The number of aliphatic carboxylic acids is 1. The first-order chi connectivity index (χ1) is 9.03. The third kappa shape index (κ3) is 1.58. The van der Waals surface area contributed by atoms with Gasteiger partial charge >= 0.3 is 11.8 Å². The molecular weight excluding hydrogens is 260 g/mol. The summed E-state index contributed by atoms with van der Waals surface area (Å²) in [6.07, 6.45) is 2.59. The zero-order chi connectivity index (χ0) is 13.6. The van der Waals surface area contributed by atoms with Gasteiger partial charge in [-0.1, -0.05) is 5.16 Å². The first-order valence-corrected chi connectivity index (χ1v) is 5.33. The van der Waals surface area contributed by atoms with Crippen LogP contribution in [0.25, 0.3) is 0 Å². The predicted molar refractivity (Wildman–Crippen MR) is 58.1 cm³/mol. The standard InChI is InChI=1S/C12H7F2NO4/c13-7-3-6(4-8(14)5-7)10-9-1-2-18-12(9,11(16)17)19-15-10/h1-5,9H,(H,16,17). The Morgan fingerprint density at radius 3 is 2.63 bits per heavy atom. The van der Waals surface area contributed by atoms with Crippen molar-refractivity contribution in [3.8, 4) is 0 Å². The first kappa shape index (κ1) is 11.6. The summed E-state index contributed by atoms with van der Waals surface area (Å²) >= 11 is 0. The fourth-order valence-corrected chi connectivity index (χ4v) is 2.10. The average molecular weight is 267 g/mol. The van der Waals surface area contributed by atoms with E-state index in [2.05, 4.69) is 5.16 Å². The molecule has 0 bridgehead atoms. The second-order valence-electron chi connectivity index (χ2n) is 4.12. The number of halogens is 2. The maximum Gasteiger partial charge on any atom is 0.393 e. The van der Waals surface area contributed by atoms with Crippen LogP contribution >= 0.6 is 0 Å². The lowest BCUT2D eigenvalue weighted by Gasteiger charge is -2.20. The van der Waals surface area contributed by atoms with E-state index >= 15 is 0 Å². The van der Waals surface area contributed by atoms with Crippen LogP contribution in [0.15, 0.2) is 35.7 Å². The zero-order valence-corrected chi connectivity index (χ0v) is 9.34. The molecule has 1 aromatic carbocycles. The smallest absolute Gasteiger partial charge is 0.393 e. The van der Waals surface area contributed by atoms with Crippen LogP contribution in [0, 0.1) is 17.6 Å². The Morgan fingerprint density at radius 2 is 2.00 bits per heavy atom. The van der Waals surface area contributed by atoms with E-state index in [0.29, 0.717) is 6.07 Å². The van der Waals surface area contributed by atoms with Crippen molar-refractivity contribution in [2.45, 2.75) is 5.79 Å². The fraction of sp³-hybridized carbons (Fsp3) is 0.167. The van der Waals surface area contributed by atoms with Gasteiger partial charge in [0.1, 0.15) is 23.3 Å². The van der Waals surface area contributed by atoms with Crippen LogP contribution in [0.3, 0.4) is 0 Å². The van der Waals surface area contributed by atoms with Gasteiger partial charge in [-0.25, -0.2) is 13.6 Å². The maximum atomic E-state index is 13.2. The van der Waals surface area contributed by atoms with Gasteiger partial charge in [0.2, 0.25) is 0 Å². The summed E-state index contributed by atoms with van der Waals surface area (Å²) in [7, 11) is 0. The van der Waals surface area contributed by atoms with E-state index in [9.17, 15) is 13.6 Å². The summed E-state index contributed by atoms with van der Waals surface area (Å²) in [5.74, 6) is -5.76. The Balaban J connectivity index is 2.04. The van der Waals surface area contributed by atoms with E-state index < -0.39 is 29.3 Å². The monoisotopic (exact) mass is 267 g/mol. The van der Waals surface area contributed by atoms with Crippen LogP contribution in [0.5, 0.6) is 0 Å². The van der Waals surface area contributed by atoms with Crippen LogP contribution in [-0.4, -0.2) is 22.6 Å². The molecule has 2 aliphatic heterocycles. The van der Waals surface area contributed by atoms with Gasteiger partial charge in [0.25, 0.3) is 0 Å². The van der Waals surface area contributed by atoms with Crippen LogP contribution in [0.4, 0.5) is 8.78 Å². The molecule has 0 radical (unpaired) electrons. The highest BCUT2D eigenvalue weighted by atomic mass is 19.1. The van der Waals surface area contributed by atoms with Crippen molar-refractivity contribution in [3.63, 3.8) is 0 Å². The van der Waals surface area contributed by atoms with E-state index in [0.717, 1.165) is 12.1 Å². The largest absolute Gasteiger partial charge is 0.475 e. The molecule has 1 N–H and O–H groups in total. The molecule has 0 aliphatic carbocycles. The van der Waals surface area contributed by atoms with Gasteiger partial charge in [-0.15, -0.1) is 0 Å². The molecular formula is C12H7F2NO4. The second kappa shape index (κ2) is 3.78. The number of hydrogen-bond donors (Lipinski definition) is 1. The minimum Gasteiger partial charge on any atom is -0.475 e. The highest BCUT2D eigenvalue weighted by Crippen LogP contribution is 2.39. The van der Waals surface area contributed by atoms with Gasteiger partial charge in [-0.05, 0) is 18.2 Å². The Bertz CT molecular complexity index is 608. The number of rotatable bonds is 2. The molecule has 7 heteroatoms. The molecule has 0 amide bonds. The molecule has 98 valence electrons. The number of carbonyl (C=O) groups is 1. The Kier molecular flexibility index (Phi) is 2.31. The average Bonchev–Trinajstić information content (AvgIpc) is 2.85. The fourth-order valence-electron chi connectivity index (χ4n) is 2.10. The summed E-state index contributed by atoms with van der Waals surface area (Å²) < 4.78 is 31.3. The predicted octanol–water partition coefficient (Wildman–Crippen LogP) is 1.64. The highest BCUT2D eigenvalue weighted by Gasteiger charge is 2.59. The molecule has 2 aliphatic rings. The molecule has 2 atom stereocenters. The lowest BCUT2D eigenvalue weighted by molar-refractivity contribution is -0.217. The van der Waals surface area contributed by atoms with Gasteiger partial charge in [-0.3, -0.25) is 0 Å². The summed E-state index contributed by atoms with van der Waals surface area (Å²) in [6.45, 7) is 0. The Labute approximate surface area is 105 Å². The van der Waals surface area contributed by atoms with Gasteiger partial charge < -0.3 is 14.7 Å². The SMILES string of the molecule is O=C(O)C12OC=CC1C(c1cc(F)cc(F)c1)=NO2. The molecule has 0 aromatic heterocycles. The van der Waals surface area contributed by atoms with Crippen molar-refractivity contribution in [1.29, 1.82) is 0 Å².